The van der Waals surface area contributed by atoms with Gasteiger partial charge in [0.2, 0.25) is 0 Å². The van der Waals surface area contributed by atoms with E-state index in [4.69, 9.17) is 9.47 Å². The zero-order valence-corrected chi connectivity index (χ0v) is 13.0. The maximum atomic E-state index is 9.99. The van der Waals surface area contributed by atoms with Gasteiger partial charge in [0.05, 0.1) is 24.9 Å². The number of ether oxygens (including phenoxy) is 2. The van der Waals surface area contributed by atoms with Crippen LogP contribution in [0.3, 0.4) is 0 Å². The Balaban J connectivity index is 1.54. The molecular formula is C16H31NO3. The van der Waals surface area contributed by atoms with Crippen LogP contribution in [0.5, 0.6) is 0 Å². The quantitative estimate of drug-likeness (QED) is 0.751. The van der Waals surface area contributed by atoms with Gasteiger partial charge in [-0.15, -0.1) is 0 Å². The molecule has 20 heavy (non-hydrogen) atoms. The molecule has 5 unspecified atom stereocenters. The number of aliphatic hydroxyl groups excluding tert-OH is 1. The molecule has 1 aliphatic heterocycles. The summed E-state index contributed by atoms with van der Waals surface area (Å²) in [4.78, 5) is 0. The highest BCUT2D eigenvalue weighted by Crippen LogP contribution is 2.26. The van der Waals surface area contributed by atoms with Crippen molar-refractivity contribution in [2.45, 2.75) is 64.3 Å². The molecule has 5 atom stereocenters. The van der Waals surface area contributed by atoms with Gasteiger partial charge in [-0.05, 0) is 38.0 Å². The molecule has 2 aliphatic rings. The molecule has 4 nitrogen and oxygen atoms in total. The molecule has 0 bridgehead atoms. The zero-order chi connectivity index (χ0) is 14.4. The van der Waals surface area contributed by atoms with E-state index in [9.17, 15) is 5.11 Å². The van der Waals surface area contributed by atoms with E-state index in [0.717, 1.165) is 26.0 Å². The van der Waals surface area contributed by atoms with Crippen LogP contribution in [-0.4, -0.2) is 49.7 Å². The Hall–Kier alpha value is -0.160. The SMILES string of the molecule is CC1CCCCC1OCC(O)CNCC1CCOC1C. The van der Waals surface area contributed by atoms with E-state index in [1.807, 2.05) is 0 Å². The minimum Gasteiger partial charge on any atom is -0.389 e. The third kappa shape index (κ3) is 4.99. The molecule has 2 rings (SSSR count). The van der Waals surface area contributed by atoms with Crippen molar-refractivity contribution in [1.29, 1.82) is 0 Å². The summed E-state index contributed by atoms with van der Waals surface area (Å²) in [6.45, 7) is 7.26. The van der Waals surface area contributed by atoms with Crippen LogP contribution in [-0.2, 0) is 9.47 Å². The van der Waals surface area contributed by atoms with Crippen LogP contribution in [0.4, 0.5) is 0 Å². The Morgan fingerprint density at radius 1 is 1.25 bits per heavy atom. The number of hydrogen-bond donors (Lipinski definition) is 2. The summed E-state index contributed by atoms with van der Waals surface area (Å²) in [6.07, 6.45) is 6.43. The third-order valence-corrected chi connectivity index (χ3v) is 4.86. The van der Waals surface area contributed by atoms with Gasteiger partial charge < -0.3 is 19.9 Å². The van der Waals surface area contributed by atoms with Crippen LogP contribution in [0.25, 0.3) is 0 Å². The molecule has 1 aliphatic carbocycles. The van der Waals surface area contributed by atoms with Crippen LogP contribution in [0.15, 0.2) is 0 Å². The monoisotopic (exact) mass is 285 g/mol. The fourth-order valence-electron chi connectivity index (χ4n) is 3.30. The second-order valence-corrected chi connectivity index (χ2v) is 6.57. The lowest BCUT2D eigenvalue weighted by Crippen LogP contribution is -2.37. The van der Waals surface area contributed by atoms with Crippen molar-refractivity contribution in [2.24, 2.45) is 11.8 Å². The van der Waals surface area contributed by atoms with E-state index >= 15 is 0 Å². The Morgan fingerprint density at radius 3 is 2.75 bits per heavy atom. The Kier molecular flexibility index (Phi) is 6.75. The van der Waals surface area contributed by atoms with Crippen molar-refractivity contribution in [1.82, 2.24) is 5.32 Å². The van der Waals surface area contributed by atoms with Crippen LogP contribution in [0.1, 0.15) is 46.0 Å². The smallest absolute Gasteiger partial charge is 0.0897 e. The van der Waals surface area contributed by atoms with E-state index in [1.165, 1.54) is 19.3 Å². The molecule has 0 aromatic heterocycles. The Morgan fingerprint density at radius 2 is 2.05 bits per heavy atom. The van der Waals surface area contributed by atoms with Crippen molar-refractivity contribution in [3.63, 3.8) is 0 Å². The highest BCUT2D eigenvalue weighted by atomic mass is 16.5. The first-order valence-electron chi connectivity index (χ1n) is 8.28. The Bertz CT molecular complexity index is 274. The molecule has 118 valence electrons. The first-order chi connectivity index (χ1) is 9.66. The van der Waals surface area contributed by atoms with Gasteiger partial charge in [-0.2, -0.15) is 0 Å². The van der Waals surface area contributed by atoms with E-state index in [-0.39, 0.29) is 0 Å². The molecular weight excluding hydrogens is 254 g/mol. The Labute approximate surface area is 123 Å². The number of hydrogen-bond acceptors (Lipinski definition) is 4. The zero-order valence-electron chi connectivity index (χ0n) is 13.0. The average molecular weight is 285 g/mol. The second-order valence-electron chi connectivity index (χ2n) is 6.57. The summed E-state index contributed by atoms with van der Waals surface area (Å²) in [5, 5.41) is 13.3. The molecule has 0 amide bonds. The predicted molar refractivity (Wildman–Crippen MR) is 79.8 cm³/mol. The highest BCUT2D eigenvalue weighted by Gasteiger charge is 2.24. The third-order valence-electron chi connectivity index (χ3n) is 4.86. The van der Waals surface area contributed by atoms with Crippen LogP contribution < -0.4 is 5.32 Å². The molecule has 1 saturated heterocycles. The first kappa shape index (κ1) is 16.2. The van der Waals surface area contributed by atoms with Crippen LogP contribution in [0.2, 0.25) is 0 Å². The van der Waals surface area contributed by atoms with Gasteiger partial charge in [-0.1, -0.05) is 19.8 Å². The minimum atomic E-state index is -0.401. The summed E-state index contributed by atoms with van der Waals surface area (Å²) in [5.41, 5.74) is 0. The number of rotatable bonds is 7. The molecule has 1 saturated carbocycles. The van der Waals surface area contributed by atoms with E-state index in [1.54, 1.807) is 0 Å². The van der Waals surface area contributed by atoms with Gasteiger partial charge in [0.15, 0.2) is 0 Å². The van der Waals surface area contributed by atoms with Gasteiger partial charge >= 0.3 is 0 Å². The van der Waals surface area contributed by atoms with Gasteiger partial charge in [-0.25, -0.2) is 0 Å². The second kappa shape index (κ2) is 8.32. The van der Waals surface area contributed by atoms with Gasteiger partial charge in [0.25, 0.3) is 0 Å². The average Bonchev–Trinajstić information content (AvgIpc) is 2.84. The van der Waals surface area contributed by atoms with E-state index in [0.29, 0.717) is 37.2 Å². The molecule has 0 aromatic rings. The van der Waals surface area contributed by atoms with Crippen molar-refractivity contribution in [3.8, 4) is 0 Å². The summed E-state index contributed by atoms with van der Waals surface area (Å²) in [6, 6.07) is 0. The number of nitrogens with one attached hydrogen (secondary N) is 1. The van der Waals surface area contributed by atoms with E-state index in [2.05, 4.69) is 19.2 Å². The number of aliphatic hydroxyl groups is 1. The van der Waals surface area contributed by atoms with Crippen molar-refractivity contribution < 1.29 is 14.6 Å². The predicted octanol–water partition coefficient (Wildman–Crippen LogP) is 1.96. The lowest BCUT2D eigenvalue weighted by molar-refractivity contribution is -0.0453. The maximum absolute atomic E-state index is 9.99. The summed E-state index contributed by atoms with van der Waals surface area (Å²) >= 11 is 0. The largest absolute Gasteiger partial charge is 0.389 e. The summed E-state index contributed by atoms with van der Waals surface area (Å²) in [5.74, 6) is 1.22. The lowest BCUT2D eigenvalue weighted by Gasteiger charge is -2.29. The summed E-state index contributed by atoms with van der Waals surface area (Å²) in [7, 11) is 0. The lowest BCUT2D eigenvalue weighted by atomic mass is 9.88. The van der Waals surface area contributed by atoms with Gasteiger partial charge in [0, 0.05) is 19.7 Å². The molecule has 1 heterocycles. The molecule has 2 fully saturated rings. The first-order valence-corrected chi connectivity index (χ1v) is 8.28. The molecule has 0 spiro atoms. The van der Waals surface area contributed by atoms with Crippen molar-refractivity contribution >= 4 is 0 Å². The standard InChI is InChI=1S/C16H31NO3/c1-12-5-3-4-6-16(12)20-11-15(18)10-17-9-14-7-8-19-13(14)2/h12-18H,3-11H2,1-2H3. The fourth-order valence-corrected chi connectivity index (χ4v) is 3.30. The molecule has 0 radical (unpaired) electrons. The van der Waals surface area contributed by atoms with Gasteiger partial charge in [0.1, 0.15) is 0 Å². The van der Waals surface area contributed by atoms with Crippen LogP contribution >= 0.6 is 0 Å². The normalized spacial score (nSPS) is 36.1. The van der Waals surface area contributed by atoms with Crippen molar-refractivity contribution in [3.05, 3.63) is 0 Å². The fraction of sp³-hybridized carbons (Fsp3) is 1.00. The highest BCUT2D eigenvalue weighted by molar-refractivity contribution is 4.76. The van der Waals surface area contributed by atoms with E-state index < -0.39 is 6.10 Å². The molecule has 4 heteroatoms. The van der Waals surface area contributed by atoms with Gasteiger partial charge in [-0.3, -0.25) is 0 Å². The maximum Gasteiger partial charge on any atom is 0.0897 e. The minimum absolute atomic E-state index is 0.346. The summed E-state index contributed by atoms with van der Waals surface area (Å²) < 4.78 is 11.4. The molecule has 0 aromatic carbocycles. The topological polar surface area (TPSA) is 50.7 Å². The van der Waals surface area contributed by atoms with Crippen LogP contribution in [0, 0.1) is 11.8 Å². The molecule has 2 N–H and O–H groups in total. The van der Waals surface area contributed by atoms with Crippen molar-refractivity contribution in [2.75, 3.05) is 26.3 Å².